The molecule has 0 radical (unpaired) electrons. The normalized spacial score (nSPS) is 15.3. The van der Waals surface area contributed by atoms with Crippen LogP contribution in [0, 0.1) is 11.3 Å². The lowest BCUT2D eigenvalue weighted by atomic mass is 10.1. The molecule has 4 rings (SSSR count). The molecule has 1 aliphatic rings. The molecule has 6 nitrogen and oxygen atoms in total. The van der Waals surface area contributed by atoms with Gasteiger partial charge in [-0.1, -0.05) is 24.3 Å². The van der Waals surface area contributed by atoms with Crippen LogP contribution in [0.15, 0.2) is 60.8 Å². The summed E-state index contributed by atoms with van der Waals surface area (Å²) in [6, 6.07) is 19.0. The standard InChI is InChI=1S/C22H22N4O2S/c23-15-17-6-8-21(9-7-17)26-13-10-20(11-14-26)25-29(27,28)16-19-4-1-3-18-5-2-12-24-22(18)19/h1-9,12,20,25H,10-11,13-14,16H2. The van der Waals surface area contributed by atoms with E-state index in [1.165, 1.54) is 0 Å². The van der Waals surface area contributed by atoms with Crippen LogP contribution >= 0.6 is 0 Å². The number of piperidine rings is 1. The number of nitriles is 1. The molecule has 29 heavy (non-hydrogen) atoms. The first-order chi connectivity index (χ1) is 14.0. The first-order valence-corrected chi connectivity index (χ1v) is 11.3. The van der Waals surface area contributed by atoms with E-state index in [-0.39, 0.29) is 11.8 Å². The molecule has 1 fully saturated rings. The lowest BCUT2D eigenvalue weighted by molar-refractivity contribution is 0.460. The van der Waals surface area contributed by atoms with Crippen molar-refractivity contribution >= 4 is 26.6 Å². The zero-order valence-corrected chi connectivity index (χ0v) is 16.8. The van der Waals surface area contributed by atoms with Gasteiger partial charge in [0, 0.05) is 36.4 Å². The van der Waals surface area contributed by atoms with Crippen molar-refractivity contribution in [3.8, 4) is 6.07 Å². The number of rotatable bonds is 5. The van der Waals surface area contributed by atoms with E-state index >= 15 is 0 Å². The molecule has 0 amide bonds. The first kappa shape index (κ1) is 19.4. The average molecular weight is 407 g/mol. The highest BCUT2D eigenvalue weighted by molar-refractivity contribution is 7.88. The van der Waals surface area contributed by atoms with E-state index in [1.54, 1.807) is 6.20 Å². The van der Waals surface area contributed by atoms with E-state index < -0.39 is 10.0 Å². The number of nitrogens with one attached hydrogen (secondary N) is 1. The van der Waals surface area contributed by atoms with Crippen LogP contribution in [0.25, 0.3) is 10.9 Å². The summed E-state index contributed by atoms with van der Waals surface area (Å²) >= 11 is 0. The zero-order valence-electron chi connectivity index (χ0n) is 16.0. The highest BCUT2D eigenvalue weighted by atomic mass is 32.2. The molecule has 0 atom stereocenters. The summed E-state index contributed by atoms with van der Waals surface area (Å²) in [6.07, 6.45) is 3.17. The number of sulfonamides is 1. The van der Waals surface area contributed by atoms with Gasteiger partial charge in [0.15, 0.2) is 0 Å². The Bertz CT molecular complexity index is 1140. The quantitative estimate of drug-likeness (QED) is 0.703. The minimum atomic E-state index is -3.46. The summed E-state index contributed by atoms with van der Waals surface area (Å²) in [5.41, 5.74) is 3.15. The van der Waals surface area contributed by atoms with Crippen LogP contribution in [0.5, 0.6) is 0 Å². The van der Waals surface area contributed by atoms with Gasteiger partial charge in [-0.05, 0) is 48.7 Å². The largest absolute Gasteiger partial charge is 0.371 e. The summed E-state index contributed by atoms with van der Waals surface area (Å²) in [5, 5.41) is 9.85. The van der Waals surface area contributed by atoms with Crippen LogP contribution in [0.1, 0.15) is 24.0 Å². The Hall–Kier alpha value is -2.95. The molecule has 1 aliphatic heterocycles. The number of nitrogens with zero attached hydrogens (tertiary/aromatic N) is 3. The molecule has 148 valence electrons. The Labute approximate surface area is 170 Å². The van der Waals surface area contributed by atoms with Gasteiger partial charge in [-0.25, -0.2) is 13.1 Å². The third-order valence-corrected chi connectivity index (χ3v) is 6.65. The molecule has 1 N–H and O–H groups in total. The monoisotopic (exact) mass is 406 g/mol. The molecule has 0 unspecified atom stereocenters. The molecule has 0 saturated carbocycles. The topological polar surface area (TPSA) is 86.1 Å². The molecule has 3 aromatic rings. The molecule has 0 aliphatic carbocycles. The SMILES string of the molecule is N#Cc1ccc(N2CCC(NS(=O)(=O)Cc3cccc4cccnc34)CC2)cc1. The number of pyridine rings is 1. The van der Waals surface area contributed by atoms with Crippen LogP contribution in [0.3, 0.4) is 0 Å². The number of para-hydroxylation sites is 1. The summed E-state index contributed by atoms with van der Waals surface area (Å²) < 4.78 is 28.4. The van der Waals surface area contributed by atoms with E-state index in [4.69, 9.17) is 5.26 Å². The maximum Gasteiger partial charge on any atom is 0.216 e. The van der Waals surface area contributed by atoms with Crippen LogP contribution in [0.4, 0.5) is 5.69 Å². The zero-order chi connectivity index (χ0) is 20.3. The van der Waals surface area contributed by atoms with Crippen molar-refractivity contribution in [1.82, 2.24) is 9.71 Å². The summed E-state index contributed by atoms with van der Waals surface area (Å²) in [5.74, 6) is -0.0722. The van der Waals surface area contributed by atoms with Gasteiger partial charge in [-0.2, -0.15) is 5.26 Å². The summed E-state index contributed by atoms with van der Waals surface area (Å²) in [6.45, 7) is 1.55. The van der Waals surface area contributed by atoms with Gasteiger partial charge in [0.25, 0.3) is 0 Å². The highest BCUT2D eigenvalue weighted by Crippen LogP contribution is 2.22. The van der Waals surface area contributed by atoms with E-state index in [0.717, 1.165) is 42.5 Å². The van der Waals surface area contributed by atoms with Gasteiger partial charge >= 0.3 is 0 Å². The lowest BCUT2D eigenvalue weighted by Gasteiger charge is -2.33. The molecular formula is C22H22N4O2S. The number of aromatic nitrogens is 1. The average Bonchev–Trinajstić information content (AvgIpc) is 2.74. The number of hydrogen-bond acceptors (Lipinski definition) is 5. The van der Waals surface area contributed by atoms with E-state index in [2.05, 4.69) is 20.7 Å². The lowest BCUT2D eigenvalue weighted by Crippen LogP contribution is -2.45. The predicted molar refractivity (Wildman–Crippen MR) is 114 cm³/mol. The number of anilines is 1. The van der Waals surface area contributed by atoms with E-state index in [0.29, 0.717) is 11.1 Å². The second-order valence-corrected chi connectivity index (χ2v) is 9.04. The number of fused-ring (bicyclic) bond motifs is 1. The van der Waals surface area contributed by atoms with Gasteiger partial charge in [0.1, 0.15) is 0 Å². The number of benzene rings is 2. The molecular weight excluding hydrogens is 384 g/mol. The molecule has 0 bridgehead atoms. The van der Waals surface area contributed by atoms with Crippen molar-refractivity contribution in [3.05, 3.63) is 71.9 Å². The van der Waals surface area contributed by atoms with Gasteiger partial charge in [0.2, 0.25) is 10.0 Å². The maximum atomic E-state index is 12.8. The van der Waals surface area contributed by atoms with Crippen LogP contribution in [0.2, 0.25) is 0 Å². The van der Waals surface area contributed by atoms with Crippen molar-refractivity contribution in [2.24, 2.45) is 0 Å². The van der Waals surface area contributed by atoms with Gasteiger partial charge in [0.05, 0.1) is 22.9 Å². The van der Waals surface area contributed by atoms with Crippen molar-refractivity contribution in [1.29, 1.82) is 5.26 Å². The molecule has 2 heterocycles. The van der Waals surface area contributed by atoms with E-state index in [9.17, 15) is 8.42 Å². The molecule has 7 heteroatoms. The second kappa shape index (κ2) is 8.19. The minimum absolute atomic E-state index is 0.0717. The second-order valence-electron chi connectivity index (χ2n) is 7.29. The summed E-state index contributed by atoms with van der Waals surface area (Å²) in [4.78, 5) is 6.57. The van der Waals surface area contributed by atoms with E-state index in [1.807, 2.05) is 54.6 Å². The first-order valence-electron chi connectivity index (χ1n) is 9.62. The van der Waals surface area contributed by atoms with Gasteiger partial charge < -0.3 is 4.90 Å². The molecule has 0 spiro atoms. The van der Waals surface area contributed by atoms with Crippen molar-refractivity contribution in [2.45, 2.75) is 24.6 Å². The minimum Gasteiger partial charge on any atom is -0.371 e. The van der Waals surface area contributed by atoms with Crippen molar-refractivity contribution < 1.29 is 8.42 Å². The predicted octanol–water partition coefficient (Wildman–Crippen LogP) is 3.19. The fraction of sp³-hybridized carbons (Fsp3) is 0.273. The van der Waals surface area contributed by atoms with Crippen molar-refractivity contribution in [2.75, 3.05) is 18.0 Å². The molecule has 2 aromatic carbocycles. The Balaban J connectivity index is 1.38. The van der Waals surface area contributed by atoms with Gasteiger partial charge in [-0.15, -0.1) is 0 Å². The molecule has 1 saturated heterocycles. The van der Waals surface area contributed by atoms with Gasteiger partial charge in [-0.3, -0.25) is 4.98 Å². The fourth-order valence-electron chi connectivity index (χ4n) is 3.79. The fourth-order valence-corrected chi connectivity index (χ4v) is 5.26. The Morgan fingerprint density at radius 2 is 1.79 bits per heavy atom. The van der Waals surface area contributed by atoms with Crippen LogP contribution < -0.4 is 9.62 Å². The Morgan fingerprint density at radius 1 is 1.07 bits per heavy atom. The number of hydrogen-bond donors (Lipinski definition) is 1. The smallest absolute Gasteiger partial charge is 0.216 e. The third kappa shape index (κ3) is 4.56. The molecule has 1 aromatic heterocycles. The maximum absolute atomic E-state index is 12.8. The van der Waals surface area contributed by atoms with Crippen LogP contribution in [-0.2, 0) is 15.8 Å². The summed E-state index contributed by atoms with van der Waals surface area (Å²) in [7, 11) is -3.46. The Kier molecular flexibility index (Phi) is 5.47. The van der Waals surface area contributed by atoms with Crippen LogP contribution in [-0.4, -0.2) is 32.5 Å². The Morgan fingerprint density at radius 3 is 2.52 bits per heavy atom. The third-order valence-electron chi connectivity index (χ3n) is 5.26. The highest BCUT2D eigenvalue weighted by Gasteiger charge is 2.24. The van der Waals surface area contributed by atoms with Crippen molar-refractivity contribution in [3.63, 3.8) is 0 Å².